The van der Waals surface area contributed by atoms with Gasteiger partial charge in [0.05, 0.1) is 16.8 Å². The lowest BCUT2D eigenvalue weighted by Crippen LogP contribution is -2.54. The van der Waals surface area contributed by atoms with Gasteiger partial charge in [-0.15, -0.1) is 0 Å². The highest BCUT2D eigenvalue weighted by Gasteiger charge is 2.34. The van der Waals surface area contributed by atoms with Gasteiger partial charge in [0.25, 0.3) is 11.8 Å². The number of carbonyl (C=O) groups excluding carboxylic acids is 3. The Morgan fingerprint density at radius 2 is 1.84 bits per heavy atom. The fourth-order valence-electron chi connectivity index (χ4n) is 3.67. The second kappa shape index (κ2) is 10.5. The number of halogens is 1. The van der Waals surface area contributed by atoms with Gasteiger partial charge in [0, 0.05) is 19.6 Å². The number of hydrogen-bond donors (Lipinski definition) is 2. The van der Waals surface area contributed by atoms with Crippen LogP contribution in [-0.2, 0) is 4.79 Å². The lowest BCUT2D eigenvalue weighted by molar-refractivity contribution is -0.124. The SMILES string of the molecule is CC(C)CNC(=O)C(NC(=O)c1ccccc1Cl)C1CCN(C(=O)c2ccco2)CC1. The summed E-state index contributed by atoms with van der Waals surface area (Å²) in [6.07, 6.45) is 2.66. The van der Waals surface area contributed by atoms with E-state index in [0.717, 1.165) is 0 Å². The van der Waals surface area contributed by atoms with Gasteiger partial charge >= 0.3 is 0 Å². The van der Waals surface area contributed by atoms with Crippen LogP contribution in [0.4, 0.5) is 0 Å². The average molecular weight is 446 g/mol. The molecule has 2 N–H and O–H groups in total. The second-order valence-electron chi connectivity index (χ2n) is 8.18. The molecule has 1 aliphatic rings. The summed E-state index contributed by atoms with van der Waals surface area (Å²) in [5.41, 5.74) is 0.330. The zero-order valence-corrected chi connectivity index (χ0v) is 18.5. The van der Waals surface area contributed by atoms with E-state index in [4.69, 9.17) is 16.0 Å². The molecule has 1 fully saturated rings. The van der Waals surface area contributed by atoms with Crippen molar-refractivity contribution in [1.29, 1.82) is 0 Å². The highest BCUT2D eigenvalue weighted by molar-refractivity contribution is 6.33. The summed E-state index contributed by atoms with van der Waals surface area (Å²) in [5, 5.41) is 6.14. The quantitative estimate of drug-likeness (QED) is 0.683. The third-order valence-corrected chi connectivity index (χ3v) is 5.73. The van der Waals surface area contributed by atoms with Crippen molar-refractivity contribution >= 4 is 29.3 Å². The van der Waals surface area contributed by atoms with E-state index in [-0.39, 0.29) is 29.6 Å². The summed E-state index contributed by atoms with van der Waals surface area (Å²) < 4.78 is 5.20. The van der Waals surface area contributed by atoms with Crippen LogP contribution in [0.25, 0.3) is 0 Å². The van der Waals surface area contributed by atoms with Crippen LogP contribution < -0.4 is 10.6 Å². The van der Waals surface area contributed by atoms with Crippen molar-refractivity contribution in [2.45, 2.75) is 32.7 Å². The maximum atomic E-state index is 12.9. The predicted octanol–water partition coefficient (Wildman–Crippen LogP) is 3.36. The van der Waals surface area contributed by atoms with Gasteiger partial charge in [-0.2, -0.15) is 0 Å². The first-order chi connectivity index (χ1) is 14.9. The van der Waals surface area contributed by atoms with E-state index in [1.807, 2.05) is 13.8 Å². The van der Waals surface area contributed by atoms with Gasteiger partial charge in [0.15, 0.2) is 5.76 Å². The fourth-order valence-corrected chi connectivity index (χ4v) is 3.89. The van der Waals surface area contributed by atoms with E-state index in [2.05, 4.69) is 10.6 Å². The summed E-state index contributed by atoms with van der Waals surface area (Å²) in [6, 6.07) is 9.36. The number of benzene rings is 1. The van der Waals surface area contributed by atoms with Crippen molar-refractivity contribution in [2.75, 3.05) is 19.6 Å². The lowest BCUT2D eigenvalue weighted by Gasteiger charge is -2.35. The Morgan fingerprint density at radius 1 is 1.13 bits per heavy atom. The minimum absolute atomic E-state index is 0.0979. The number of nitrogens with one attached hydrogen (secondary N) is 2. The van der Waals surface area contributed by atoms with Crippen LogP contribution in [0.5, 0.6) is 0 Å². The van der Waals surface area contributed by atoms with Crippen molar-refractivity contribution in [3.8, 4) is 0 Å². The Balaban J connectivity index is 1.69. The highest BCUT2D eigenvalue weighted by Crippen LogP contribution is 2.24. The fraction of sp³-hybridized carbons (Fsp3) is 0.435. The second-order valence-corrected chi connectivity index (χ2v) is 8.58. The van der Waals surface area contributed by atoms with E-state index in [0.29, 0.717) is 48.8 Å². The minimum Gasteiger partial charge on any atom is -0.459 e. The third kappa shape index (κ3) is 5.88. The number of piperidine rings is 1. The maximum absolute atomic E-state index is 12.9. The molecule has 1 unspecified atom stereocenters. The first-order valence-corrected chi connectivity index (χ1v) is 10.9. The van der Waals surface area contributed by atoms with Crippen molar-refractivity contribution in [1.82, 2.24) is 15.5 Å². The van der Waals surface area contributed by atoms with Crippen LogP contribution in [0.1, 0.15) is 47.6 Å². The molecule has 8 heteroatoms. The Bertz CT molecular complexity index is 905. The van der Waals surface area contributed by atoms with Crippen LogP contribution in [0.15, 0.2) is 47.1 Å². The molecule has 1 aromatic heterocycles. The number of furan rings is 1. The molecule has 1 atom stereocenters. The summed E-state index contributed by atoms with van der Waals surface area (Å²) in [6.45, 7) is 5.51. The molecule has 0 bridgehead atoms. The molecule has 2 aromatic rings. The van der Waals surface area contributed by atoms with E-state index in [1.165, 1.54) is 6.26 Å². The summed E-state index contributed by atoms with van der Waals surface area (Å²) in [5.74, 6) is -0.272. The topological polar surface area (TPSA) is 91.7 Å². The van der Waals surface area contributed by atoms with Gasteiger partial charge in [-0.3, -0.25) is 14.4 Å². The number of likely N-dealkylation sites (tertiary alicyclic amines) is 1. The van der Waals surface area contributed by atoms with Crippen molar-refractivity contribution in [3.63, 3.8) is 0 Å². The Morgan fingerprint density at radius 3 is 2.45 bits per heavy atom. The van der Waals surface area contributed by atoms with Crippen LogP contribution in [-0.4, -0.2) is 48.3 Å². The standard InChI is InChI=1S/C23H28ClN3O4/c1-15(2)14-25-22(29)20(26-21(28)17-6-3-4-7-18(17)24)16-9-11-27(12-10-16)23(30)19-8-5-13-31-19/h3-8,13,15-16,20H,9-12,14H2,1-2H3,(H,25,29)(H,26,28). The molecule has 31 heavy (non-hydrogen) atoms. The molecule has 166 valence electrons. The van der Waals surface area contributed by atoms with Gasteiger partial charge in [-0.05, 0) is 48.9 Å². The van der Waals surface area contributed by atoms with Crippen molar-refractivity contribution in [2.24, 2.45) is 11.8 Å². The molecule has 0 aliphatic carbocycles. The maximum Gasteiger partial charge on any atom is 0.289 e. The smallest absolute Gasteiger partial charge is 0.289 e. The predicted molar refractivity (Wildman–Crippen MR) is 118 cm³/mol. The number of amides is 3. The Kier molecular flexibility index (Phi) is 7.74. The number of nitrogens with zero attached hydrogens (tertiary/aromatic N) is 1. The largest absolute Gasteiger partial charge is 0.459 e. The first kappa shape index (κ1) is 22.9. The number of rotatable bonds is 7. The van der Waals surface area contributed by atoms with Crippen LogP contribution in [0, 0.1) is 11.8 Å². The van der Waals surface area contributed by atoms with Crippen LogP contribution in [0.2, 0.25) is 5.02 Å². The zero-order valence-electron chi connectivity index (χ0n) is 17.8. The molecule has 2 heterocycles. The molecule has 7 nitrogen and oxygen atoms in total. The van der Waals surface area contributed by atoms with E-state index < -0.39 is 6.04 Å². The van der Waals surface area contributed by atoms with Crippen LogP contribution >= 0.6 is 11.6 Å². The van der Waals surface area contributed by atoms with Gasteiger partial charge in [0.1, 0.15) is 6.04 Å². The normalized spacial score (nSPS) is 15.5. The summed E-state index contributed by atoms with van der Waals surface area (Å²) >= 11 is 6.16. The van der Waals surface area contributed by atoms with Gasteiger partial charge in [0.2, 0.25) is 5.91 Å². The van der Waals surface area contributed by atoms with Gasteiger partial charge < -0.3 is 20.0 Å². The van der Waals surface area contributed by atoms with E-state index in [9.17, 15) is 14.4 Å². The van der Waals surface area contributed by atoms with E-state index in [1.54, 1.807) is 41.3 Å². The van der Waals surface area contributed by atoms with E-state index >= 15 is 0 Å². The number of carbonyl (C=O) groups is 3. The lowest BCUT2D eigenvalue weighted by atomic mass is 9.88. The van der Waals surface area contributed by atoms with Crippen molar-refractivity contribution in [3.05, 3.63) is 59.0 Å². The number of hydrogen-bond acceptors (Lipinski definition) is 4. The van der Waals surface area contributed by atoms with Crippen molar-refractivity contribution < 1.29 is 18.8 Å². The summed E-state index contributed by atoms with van der Waals surface area (Å²) in [4.78, 5) is 40.0. The monoisotopic (exact) mass is 445 g/mol. The Labute approximate surface area is 187 Å². The molecule has 0 spiro atoms. The molecule has 3 amide bonds. The molecule has 3 rings (SSSR count). The first-order valence-electron chi connectivity index (χ1n) is 10.5. The molecule has 1 saturated heterocycles. The average Bonchev–Trinajstić information content (AvgIpc) is 3.30. The molecular weight excluding hydrogens is 418 g/mol. The third-order valence-electron chi connectivity index (χ3n) is 5.40. The molecule has 1 aliphatic heterocycles. The van der Waals surface area contributed by atoms with Crippen LogP contribution in [0.3, 0.4) is 0 Å². The summed E-state index contributed by atoms with van der Waals surface area (Å²) in [7, 11) is 0. The molecule has 0 saturated carbocycles. The van der Waals surface area contributed by atoms with Gasteiger partial charge in [-0.25, -0.2) is 0 Å². The zero-order chi connectivity index (χ0) is 22.4. The molecule has 0 radical (unpaired) electrons. The minimum atomic E-state index is -0.705. The Hall–Kier alpha value is -2.80. The highest BCUT2D eigenvalue weighted by atomic mass is 35.5. The van der Waals surface area contributed by atoms with Gasteiger partial charge in [-0.1, -0.05) is 37.6 Å². The molecular formula is C23H28ClN3O4. The molecule has 1 aromatic carbocycles.